The van der Waals surface area contributed by atoms with Crippen molar-refractivity contribution in [2.24, 2.45) is 0 Å². The van der Waals surface area contributed by atoms with Crippen molar-refractivity contribution in [2.75, 3.05) is 24.8 Å². The quantitative estimate of drug-likeness (QED) is 0.264. The molecule has 0 spiro atoms. The summed E-state index contributed by atoms with van der Waals surface area (Å²) in [4.78, 5) is 30.3. The highest BCUT2D eigenvalue weighted by molar-refractivity contribution is 7.14. The molecule has 2 aliphatic heterocycles. The molecule has 2 aromatic heterocycles. The molecular weight excluding hydrogens is 565 g/mol. The van der Waals surface area contributed by atoms with E-state index in [4.69, 9.17) is 9.47 Å². The molecule has 1 saturated heterocycles. The van der Waals surface area contributed by atoms with E-state index in [0.717, 1.165) is 38.3 Å². The minimum atomic E-state index is -0.521. The number of pyridine rings is 1. The van der Waals surface area contributed by atoms with Gasteiger partial charge >= 0.3 is 0 Å². The van der Waals surface area contributed by atoms with Gasteiger partial charge < -0.3 is 14.4 Å². The van der Waals surface area contributed by atoms with Crippen molar-refractivity contribution in [3.8, 4) is 27.3 Å². The van der Waals surface area contributed by atoms with Crippen molar-refractivity contribution in [1.29, 1.82) is 0 Å². The molecule has 7 nitrogen and oxygen atoms in total. The number of aromatic nitrogens is 1. The molecule has 1 unspecified atom stereocenters. The maximum absolute atomic E-state index is 15.1. The number of morpholine rings is 1. The number of nitrogens with zero attached hydrogens (tertiary/aromatic N) is 3. The number of ether oxygens (including phenoxy) is 2. The second-order valence-electron chi connectivity index (χ2n) is 10.8. The average Bonchev–Trinajstić information content (AvgIpc) is 3.49. The number of carbonyl (C=O) groups excluding carboxylic acids is 1. The second kappa shape index (κ2) is 10.2. The van der Waals surface area contributed by atoms with Gasteiger partial charge in [0, 0.05) is 29.2 Å². The van der Waals surface area contributed by atoms with Crippen LogP contribution in [0.15, 0.2) is 101 Å². The minimum absolute atomic E-state index is 0.00761. The normalized spacial score (nSPS) is 18.6. The van der Waals surface area contributed by atoms with Gasteiger partial charge in [-0.3, -0.25) is 19.3 Å². The zero-order valence-corrected chi connectivity index (χ0v) is 23.8. The van der Waals surface area contributed by atoms with E-state index in [1.165, 1.54) is 12.1 Å². The molecule has 0 bridgehead atoms. The molecule has 1 fully saturated rings. The van der Waals surface area contributed by atoms with Crippen molar-refractivity contribution >= 4 is 17.2 Å². The molecule has 1 amide bonds. The van der Waals surface area contributed by atoms with Crippen molar-refractivity contribution in [3.05, 3.63) is 135 Å². The van der Waals surface area contributed by atoms with Gasteiger partial charge in [0.1, 0.15) is 18.6 Å². The highest BCUT2D eigenvalue weighted by atomic mass is 32.1. The molecule has 9 heteroatoms. The van der Waals surface area contributed by atoms with Crippen LogP contribution < -0.4 is 15.2 Å². The summed E-state index contributed by atoms with van der Waals surface area (Å²) in [7, 11) is 0. The third-order valence-corrected chi connectivity index (χ3v) is 9.36. The van der Waals surface area contributed by atoms with Gasteiger partial charge in [-0.2, -0.15) is 0 Å². The predicted octanol–water partition coefficient (Wildman–Crippen LogP) is 5.82. The van der Waals surface area contributed by atoms with Gasteiger partial charge in [-0.25, -0.2) is 4.39 Å². The topological polar surface area (TPSA) is 64.0 Å². The molecule has 1 aliphatic carbocycles. The number of carbonyl (C=O) groups is 1. The number of thiophene rings is 1. The number of benzene rings is 3. The van der Waals surface area contributed by atoms with Crippen molar-refractivity contribution in [2.45, 2.75) is 18.8 Å². The smallest absolute Gasteiger partial charge is 0.278 e. The molecule has 3 aromatic carbocycles. The van der Waals surface area contributed by atoms with E-state index < -0.39 is 12.2 Å². The van der Waals surface area contributed by atoms with Crippen LogP contribution in [0.4, 0.5) is 4.39 Å². The van der Waals surface area contributed by atoms with Crippen LogP contribution in [-0.4, -0.2) is 41.4 Å². The van der Waals surface area contributed by atoms with Gasteiger partial charge in [-0.05, 0) is 51.4 Å². The van der Waals surface area contributed by atoms with Crippen LogP contribution in [-0.2, 0) is 11.3 Å². The number of rotatable bonds is 4. The SMILES string of the molecule is O=C1c2c(OCc3ccccc3)c(=O)ccn2N(C2c3cc(F)ccc3-c3ccsc3-c3ccccc32)[C@@H]2COCCN12. The van der Waals surface area contributed by atoms with Crippen LogP contribution in [0.1, 0.15) is 33.2 Å². The largest absolute Gasteiger partial charge is 0.482 e. The Balaban J connectivity index is 1.38. The Labute approximate surface area is 250 Å². The Morgan fingerprint density at radius 1 is 0.907 bits per heavy atom. The summed E-state index contributed by atoms with van der Waals surface area (Å²) in [5, 5.41) is 4.11. The molecule has 4 heterocycles. The maximum Gasteiger partial charge on any atom is 0.278 e. The first-order valence-corrected chi connectivity index (χ1v) is 15.0. The van der Waals surface area contributed by atoms with Crippen molar-refractivity contribution in [3.63, 3.8) is 0 Å². The van der Waals surface area contributed by atoms with Crippen LogP contribution in [0.2, 0.25) is 0 Å². The highest BCUT2D eigenvalue weighted by Gasteiger charge is 2.46. The first-order chi connectivity index (χ1) is 21.1. The summed E-state index contributed by atoms with van der Waals surface area (Å²) in [5.74, 6) is -0.658. The molecule has 8 rings (SSSR count). The number of hydrogen-bond donors (Lipinski definition) is 0. The summed E-state index contributed by atoms with van der Waals surface area (Å²) in [6.45, 7) is 1.10. The summed E-state index contributed by atoms with van der Waals surface area (Å²) >= 11 is 1.65. The molecule has 2 atom stereocenters. The molecule has 43 heavy (non-hydrogen) atoms. The van der Waals surface area contributed by atoms with Crippen LogP contribution in [0.25, 0.3) is 21.6 Å². The molecular formula is C34H26FN3O4S. The first kappa shape index (κ1) is 25.9. The lowest BCUT2D eigenvalue weighted by atomic mass is 9.92. The summed E-state index contributed by atoms with van der Waals surface area (Å²) in [6, 6.07) is 25.5. The van der Waals surface area contributed by atoms with Crippen LogP contribution in [0.3, 0.4) is 0 Å². The number of amides is 1. The fourth-order valence-corrected chi connectivity index (χ4v) is 7.48. The standard InChI is InChI=1S/C34H26FN3O4S/c35-22-10-11-23-26-13-17-43-33(26)25-9-5-4-8-24(25)30(27(23)18-22)38-29-20-41-16-15-36(29)34(40)31-32(28(39)12-14-37(31)38)42-19-21-6-2-1-3-7-21/h1-14,17-18,29-30H,15-16,19-20H2/t29-,30?/m1/s1. The van der Waals surface area contributed by atoms with Crippen LogP contribution in [0, 0.1) is 5.82 Å². The lowest BCUT2D eigenvalue weighted by molar-refractivity contribution is -0.0197. The van der Waals surface area contributed by atoms with Crippen LogP contribution in [0.5, 0.6) is 5.75 Å². The number of halogens is 1. The zero-order chi connectivity index (χ0) is 29.1. The van der Waals surface area contributed by atoms with Gasteiger partial charge in [0.15, 0.2) is 11.4 Å². The zero-order valence-electron chi connectivity index (χ0n) is 23.0. The third-order valence-electron chi connectivity index (χ3n) is 8.41. The van der Waals surface area contributed by atoms with E-state index in [-0.39, 0.29) is 41.8 Å². The number of hydrogen-bond acceptors (Lipinski definition) is 6. The number of fused-ring (bicyclic) bond motifs is 7. The fourth-order valence-electron chi connectivity index (χ4n) is 6.52. The lowest BCUT2D eigenvalue weighted by Gasteiger charge is -2.51. The molecule has 0 N–H and O–H groups in total. The Hall–Kier alpha value is -4.73. The Bertz CT molecular complexity index is 1940. The molecule has 214 valence electrons. The second-order valence-corrected chi connectivity index (χ2v) is 11.7. The fraction of sp³-hybridized carbons (Fsp3) is 0.176. The van der Waals surface area contributed by atoms with E-state index >= 15 is 4.39 Å². The van der Waals surface area contributed by atoms with Crippen molar-refractivity contribution < 1.29 is 18.7 Å². The van der Waals surface area contributed by atoms with E-state index in [1.807, 2.05) is 48.5 Å². The van der Waals surface area contributed by atoms with Gasteiger partial charge in [-0.1, -0.05) is 60.7 Å². The van der Waals surface area contributed by atoms with Gasteiger partial charge in [0.05, 0.1) is 19.3 Å². The summed E-state index contributed by atoms with van der Waals surface area (Å²) in [5.41, 5.74) is 5.37. The first-order valence-electron chi connectivity index (χ1n) is 14.2. The lowest BCUT2D eigenvalue weighted by Crippen LogP contribution is -2.66. The molecule has 5 aromatic rings. The highest BCUT2D eigenvalue weighted by Crippen LogP contribution is 2.50. The predicted molar refractivity (Wildman–Crippen MR) is 162 cm³/mol. The Morgan fingerprint density at radius 3 is 2.63 bits per heavy atom. The van der Waals surface area contributed by atoms with Crippen molar-refractivity contribution in [1.82, 2.24) is 9.58 Å². The Morgan fingerprint density at radius 2 is 1.74 bits per heavy atom. The third kappa shape index (κ3) is 4.11. The van der Waals surface area contributed by atoms with E-state index in [2.05, 4.69) is 28.6 Å². The Kier molecular flexibility index (Phi) is 6.16. The van der Waals surface area contributed by atoms with Gasteiger partial charge in [0.25, 0.3) is 5.91 Å². The maximum atomic E-state index is 15.1. The monoisotopic (exact) mass is 591 g/mol. The van der Waals surface area contributed by atoms with Gasteiger partial charge in [0.2, 0.25) is 5.43 Å². The van der Waals surface area contributed by atoms with E-state index in [1.54, 1.807) is 33.2 Å². The van der Waals surface area contributed by atoms with Crippen LogP contribution >= 0.6 is 11.3 Å². The van der Waals surface area contributed by atoms with E-state index in [9.17, 15) is 9.59 Å². The average molecular weight is 592 g/mol. The molecule has 3 aliphatic rings. The summed E-state index contributed by atoms with van der Waals surface area (Å²) < 4.78 is 29.0. The summed E-state index contributed by atoms with van der Waals surface area (Å²) in [6.07, 6.45) is 1.11. The van der Waals surface area contributed by atoms with Gasteiger partial charge in [-0.15, -0.1) is 11.3 Å². The molecule has 0 saturated carbocycles. The minimum Gasteiger partial charge on any atom is -0.482 e. The van der Waals surface area contributed by atoms with E-state index in [0.29, 0.717) is 13.2 Å². The molecule has 0 radical (unpaired) electrons.